The number of nitrogens with one attached hydrogen (secondary N) is 1. The summed E-state index contributed by atoms with van der Waals surface area (Å²) in [6, 6.07) is 8.05. The van der Waals surface area contributed by atoms with Gasteiger partial charge in [0.15, 0.2) is 0 Å². The van der Waals surface area contributed by atoms with Crippen molar-refractivity contribution in [3.63, 3.8) is 0 Å². The smallest absolute Gasteiger partial charge is 0.219 e. The summed E-state index contributed by atoms with van der Waals surface area (Å²) in [6.07, 6.45) is 1.38. The van der Waals surface area contributed by atoms with E-state index in [9.17, 15) is 4.79 Å². The summed E-state index contributed by atoms with van der Waals surface area (Å²) < 4.78 is 5.69. The zero-order valence-corrected chi connectivity index (χ0v) is 13.6. The van der Waals surface area contributed by atoms with Gasteiger partial charge >= 0.3 is 0 Å². The van der Waals surface area contributed by atoms with Gasteiger partial charge in [-0.1, -0.05) is 26.0 Å². The van der Waals surface area contributed by atoms with Crippen LogP contribution >= 0.6 is 0 Å². The Balaban J connectivity index is 2.42. The van der Waals surface area contributed by atoms with Gasteiger partial charge in [0.05, 0.1) is 6.61 Å². The lowest BCUT2D eigenvalue weighted by molar-refractivity contribution is -0.119. The third-order valence-electron chi connectivity index (χ3n) is 3.27. The minimum Gasteiger partial charge on any atom is -0.494 e. The van der Waals surface area contributed by atoms with Gasteiger partial charge in [-0.3, -0.25) is 4.79 Å². The molecule has 0 radical (unpaired) electrons. The number of rotatable bonds is 9. The summed E-state index contributed by atoms with van der Waals surface area (Å²) in [5.41, 5.74) is 6.10. The normalized spacial score (nSPS) is 11.7. The maximum Gasteiger partial charge on any atom is 0.219 e. The Morgan fingerprint density at radius 1 is 1.29 bits per heavy atom. The van der Waals surface area contributed by atoms with Gasteiger partial charge in [-0.05, 0) is 43.9 Å². The Labute approximate surface area is 128 Å². The van der Waals surface area contributed by atoms with Gasteiger partial charge < -0.3 is 15.8 Å². The molecule has 0 heterocycles. The van der Waals surface area contributed by atoms with Crippen LogP contribution in [0, 0.1) is 5.92 Å². The Bertz CT molecular complexity index is 439. The molecule has 0 aromatic heterocycles. The first-order chi connectivity index (χ1) is 9.78. The Morgan fingerprint density at radius 2 is 1.90 bits per heavy atom. The molecule has 4 nitrogen and oxygen atoms in total. The van der Waals surface area contributed by atoms with E-state index in [-0.39, 0.29) is 11.4 Å². The second-order valence-corrected chi connectivity index (χ2v) is 6.56. The molecule has 1 rings (SSSR count). The van der Waals surface area contributed by atoms with Gasteiger partial charge in [-0.25, -0.2) is 0 Å². The van der Waals surface area contributed by atoms with Crippen LogP contribution in [0.25, 0.3) is 0 Å². The van der Waals surface area contributed by atoms with Crippen LogP contribution in [0.4, 0.5) is 0 Å². The summed E-state index contributed by atoms with van der Waals surface area (Å²) >= 11 is 0. The van der Waals surface area contributed by atoms with Gasteiger partial charge in [0.2, 0.25) is 5.91 Å². The van der Waals surface area contributed by atoms with Crippen molar-refractivity contribution in [1.29, 1.82) is 0 Å². The average molecular weight is 292 g/mol. The van der Waals surface area contributed by atoms with E-state index >= 15 is 0 Å². The highest BCUT2D eigenvalue weighted by Crippen LogP contribution is 2.15. The lowest BCUT2D eigenvalue weighted by Crippen LogP contribution is -2.42. The molecule has 1 aromatic carbocycles. The van der Waals surface area contributed by atoms with Crippen LogP contribution in [-0.2, 0) is 11.3 Å². The molecule has 118 valence electrons. The van der Waals surface area contributed by atoms with Gasteiger partial charge in [0.1, 0.15) is 5.75 Å². The van der Waals surface area contributed by atoms with E-state index in [1.54, 1.807) is 0 Å². The molecule has 0 saturated heterocycles. The molecule has 0 bridgehead atoms. The topological polar surface area (TPSA) is 64.3 Å². The monoisotopic (exact) mass is 292 g/mol. The Kier molecular flexibility index (Phi) is 6.69. The van der Waals surface area contributed by atoms with Crippen molar-refractivity contribution in [3.05, 3.63) is 29.8 Å². The number of ether oxygens (including phenoxy) is 1. The molecule has 0 saturated carbocycles. The highest BCUT2D eigenvalue weighted by atomic mass is 16.5. The van der Waals surface area contributed by atoms with Crippen molar-refractivity contribution >= 4 is 5.91 Å². The predicted octanol–water partition coefficient (Wildman–Crippen LogP) is 2.86. The van der Waals surface area contributed by atoms with E-state index in [1.165, 1.54) is 0 Å². The molecule has 0 unspecified atom stereocenters. The van der Waals surface area contributed by atoms with Gasteiger partial charge in [-0.2, -0.15) is 0 Å². The molecule has 0 spiro atoms. The number of amides is 1. The molecule has 0 aliphatic heterocycles. The number of hydrogen-bond acceptors (Lipinski definition) is 3. The summed E-state index contributed by atoms with van der Waals surface area (Å²) in [5, 5.41) is 3.34. The number of primary amides is 1. The number of hydrogen-bond donors (Lipinski definition) is 2. The second-order valence-electron chi connectivity index (χ2n) is 6.56. The van der Waals surface area contributed by atoms with Gasteiger partial charge in [0, 0.05) is 18.5 Å². The van der Waals surface area contributed by atoms with Crippen LogP contribution in [0.2, 0.25) is 0 Å². The fourth-order valence-corrected chi connectivity index (χ4v) is 1.96. The maximum absolute atomic E-state index is 11.0. The van der Waals surface area contributed by atoms with Crippen LogP contribution < -0.4 is 15.8 Å². The first kappa shape index (κ1) is 17.5. The minimum atomic E-state index is -0.293. The molecule has 1 amide bonds. The Hall–Kier alpha value is -1.55. The number of carbonyl (C=O) groups excluding carboxylic acids is 1. The SMILES string of the molecule is CC(C)CCOc1ccc(CNC(C)(C)CC(N)=O)cc1. The van der Waals surface area contributed by atoms with E-state index in [2.05, 4.69) is 19.2 Å². The molecule has 1 aromatic rings. The van der Waals surface area contributed by atoms with Crippen molar-refractivity contribution in [2.75, 3.05) is 6.61 Å². The summed E-state index contributed by atoms with van der Waals surface area (Å²) in [6.45, 7) is 9.77. The van der Waals surface area contributed by atoms with Crippen molar-refractivity contribution in [2.24, 2.45) is 11.7 Å². The lowest BCUT2D eigenvalue weighted by Gasteiger charge is -2.25. The van der Waals surface area contributed by atoms with Crippen LogP contribution in [0.15, 0.2) is 24.3 Å². The summed E-state index contributed by atoms with van der Waals surface area (Å²) in [5.74, 6) is 1.26. The maximum atomic E-state index is 11.0. The first-order valence-electron chi connectivity index (χ1n) is 7.53. The van der Waals surface area contributed by atoms with Crippen molar-refractivity contribution in [2.45, 2.75) is 52.6 Å². The van der Waals surface area contributed by atoms with E-state index < -0.39 is 0 Å². The standard InChI is InChI=1S/C17H28N2O2/c1-13(2)9-10-21-15-7-5-14(6-8-15)12-19-17(3,4)11-16(18)20/h5-8,13,19H,9-12H2,1-4H3,(H2,18,20). The van der Waals surface area contributed by atoms with Crippen LogP contribution in [0.5, 0.6) is 5.75 Å². The molecular weight excluding hydrogens is 264 g/mol. The van der Waals surface area contributed by atoms with Crippen molar-refractivity contribution in [3.8, 4) is 5.75 Å². The third kappa shape index (κ3) is 7.71. The molecule has 0 aliphatic carbocycles. The zero-order chi connectivity index (χ0) is 15.9. The number of carbonyl (C=O) groups is 1. The highest BCUT2D eigenvalue weighted by Gasteiger charge is 2.19. The lowest BCUT2D eigenvalue weighted by atomic mass is 10.00. The van der Waals surface area contributed by atoms with E-state index in [1.807, 2.05) is 38.1 Å². The molecular formula is C17H28N2O2. The number of benzene rings is 1. The minimum absolute atomic E-state index is 0.290. The second kappa shape index (κ2) is 8.03. The molecule has 0 atom stereocenters. The zero-order valence-electron chi connectivity index (χ0n) is 13.6. The molecule has 21 heavy (non-hydrogen) atoms. The fourth-order valence-electron chi connectivity index (χ4n) is 1.96. The van der Waals surface area contributed by atoms with E-state index in [0.29, 0.717) is 18.9 Å². The first-order valence-corrected chi connectivity index (χ1v) is 7.53. The average Bonchev–Trinajstić information content (AvgIpc) is 2.36. The van der Waals surface area contributed by atoms with E-state index in [4.69, 9.17) is 10.5 Å². The van der Waals surface area contributed by atoms with Crippen LogP contribution in [0.3, 0.4) is 0 Å². The molecule has 0 aliphatic rings. The fraction of sp³-hybridized carbons (Fsp3) is 0.588. The number of nitrogens with two attached hydrogens (primary N) is 1. The van der Waals surface area contributed by atoms with Gasteiger partial charge in [0.25, 0.3) is 0 Å². The van der Waals surface area contributed by atoms with Crippen LogP contribution in [0.1, 0.15) is 46.1 Å². The van der Waals surface area contributed by atoms with Crippen molar-refractivity contribution in [1.82, 2.24) is 5.32 Å². The molecule has 0 fully saturated rings. The van der Waals surface area contributed by atoms with Gasteiger partial charge in [-0.15, -0.1) is 0 Å². The summed E-state index contributed by atoms with van der Waals surface area (Å²) in [7, 11) is 0. The molecule has 3 N–H and O–H groups in total. The summed E-state index contributed by atoms with van der Waals surface area (Å²) in [4.78, 5) is 11.0. The predicted molar refractivity (Wildman–Crippen MR) is 86.1 cm³/mol. The highest BCUT2D eigenvalue weighted by molar-refractivity contribution is 5.74. The quantitative estimate of drug-likeness (QED) is 0.735. The molecule has 4 heteroatoms. The third-order valence-corrected chi connectivity index (χ3v) is 3.27. The van der Waals surface area contributed by atoms with E-state index in [0.717, 1.165) is 24.3 Å². The van der Waals surface area contributed by atoms with Crippen LogP contribution in [-0.4, -0.2) is 18.1 Å². The van der Waals surface area contributed by atoms with Crippen molar-refractivity contribution < 1.29 is 9.53 Å². The largest absolute Gasteiger partial charge is 0.494 e. The Morgan fingerprint density at radius 3 is 2.43 bits per heavy atom.